The summed E-state index contributed by atoms with van der Waals surface area (Å²) >= 11 is 0. The van der Waals surface area contributed by atoms with Crippen LogP contribution in [-0.4, -0.2) is 34.5 Å². The lowest BCUT2D eigenvalue weighted by molar-refractivity contribution is -0.274. The second-order valence-corrected chi connectivity index (χ2v) is 7.53. The second-order valence-electron chi connectivity index (χ2n) is 7.53. The van der Waals surface area contributed by atoms with Crippen LogP contribution in [0, 0.1) is 11.3 Å². The first-order valence-electron chi connectivity index (χ1n) is 9.77. The summed E-state index contributed by atoms with van der Waals surface area (Å²) in [4.78, 5) is 8.49. The number of nitrogens with one attached hydrogen (secondary N) is 3. The summed E-state index contributed by atoms with van der Waals surface area (Å²) in [5.74, 6) is 0.367. The van der Waals surface area contributed by atoms with Crippen molar-refractivity contribution in [1.29, 1.82) is 5.26 Å². The van der Waals surface area contributed by atoms with Gasteiger partial charge in [0, 0.05) is 30.2 Å². The highest BCUT2D eigenvalue weighted by Crippen LogP contribution is 2.30. The topological polar surface area (TPSA) is 94.9 Å². The van der Waals surface area contributed by atoms with Crippen molar-refractivity contribution in [3.05, 3.63) is 41.6 Å². The number of anilines is 2. The molecule has 7 nitrogen and oxygen atoms in total. The molecule has 3 heterocycles. The highest BCUT2D eigenvalue weighted by Gasteiger charge is 2.34. The summed E-state index contributed by atoms with van der Waals surface area (Å²) in [5.41, 5.74) is 0.638. The van der Waals surface area contributed by atoms with E-state index in [2.05, 4.69) is 36.7 Å². The third-order valence-corrected chi connectivity index (χ3v) is 5.36. The number of piperidine rings is 1. The number of ether oxygens (including phenoxy) is 1. The second kappa shape index (κ2) is 8.36. The number of para-hydroxylation sites is 1. The molecule has 158 valence electrons. The molecular formula is C20H21F3N6O. The number of aromatic nitrogens is 2. The first kappa shape index (κ1) is 20.2. The monoisotopic (exact) mass is 418 g/mol. The van der Waals surface area contributed by atoms with Crippen molar-refractivity contribution in [3.63, 3.8) is 0 Å². The fraction of sp³-hybridized carbons (Fsp3) is 0.450. The third kappa shape index (κ3) is 4.91. The maximum atomic E-state index is 12.6. The number of hydrogen-bond acceptors (Lipinski definition) is 7. The summed E-state index contributed by atoms with van der Waals surface area (Å²) in [6, 6.07) is 9.13. The molecule has 30 heavy (non-hydrogen) atoms. The summed E-state index contributed by atoms with van der Waals surface area (Å²) < 4.78 is 41.8. The molecule has 0 aliphatic carbocycles. The Hall–Kier alpha value is -3.06. The van der Waals surface area contributed by atoms with E-state index >= 15 is 0 Å². The molecule has 0 spiro atoms. The van der Waals surface area contributed by atoms with Gasteiger partial charge in [-0.3, -0.25) is 0 Å². The molecule has 0 unspecified atom stereocenters. The highest BCUT2D eigenvalue weighted by atomic mass is 19.4. The Kier molecular flexibility index (Phi) is 5.63. The number of hydrogen-bond donors (Lipinski definition) is 3. The molecule has 2 fully saturated rings. The Morgan fingerprint density at radius 1 is 1.20 bits per heavy atom. The summed E-state index contributed by atoms with van der Waals surface area (Å²) in [6.07, 6.45) is 0.859. The number of benzene rings is 1. The molecule has 0 amide bonds. The Morgan fingerprint density at radius 2 is 1.93 bits per heavy atom. The van der Waals surface area contributed by atoms with Crippen molar-refractivity contribution < 1.29 is 17.9 Å². The summed E-state index contributed by atoms with van der Waals surface area (Å²) in [7, 11) is 0. The van der Waals surface area contributed by atoms with Gasteiger partial charge >= 0.3 is 6.36 Å². The van der Waals surface area contributed by atoms with Crippen LogP contribution in [0.15, 0.2) is 30.5 Å². The molecule has 0 radical (unpaired) electrons. The Bertz CT molecular complexity index is 933. The molecule has 2 aliphatic rings. The molecule has 1 aromatic carbocycles. The van der Waals surface area contributed by atoms with Gasteiger partial charge in [-0.1, -0.05) is 18.2 Å². The molecule has 3 N–H and O–H groups in total. The third-order valence-electron chi connectivity index (χ3n) is 5.36. The molecule has 2 bridgehead atoms. The minimum atomic E-state index is -4.77. The van der Waals surface area contributed by atoms with Gasteiger partial charge in [-0.15, -0.1) is 13.2 Å². The molecule has 4 rings (SSSR count). The number of fused-ring (bicyclic) bond motifs is 2. The molecule has 3 atom stereocenters. The number of nitriles is 1. The average molecular weight is 418 g/mol. The fourth-order valence-electron chi connectivity index (χ4n) is 4.08. The van der Waals surface area contributed by atoms with Crippen molar-refractivity contribution in [2.24, 2.45) is 0 Å². The van der Waals surface area contributed by atoms with E-state index in [-0.39, 0.29) is 24.3 Å². The quantitative estimate of drug-likeness (QED) is 0.660. The van der Waals surface area contributed by atoms with E-state index in [9.17, 15) is 18.4 Å². The first-order valence-corrected chi connectivity index (χ1v) is 9.77. The van der Waals surface area contributed by atoms with Gasteiger partial charge in [0.1, 0.15) is 23.2 Å². The molecule has 2 aromatic rings. The van der Waals surface area contributed by atoms with Crippen molar-refractivity contribution >= 4 is 11.8 Å². The van der Waals surface area contributed by atoms with Gasteiger partial charge in [-0.2, -0.15) is 10.2 Å². The van der Waals surface area contributed by atoms with Crippen LogP contribution in [0.1, 0.15) is 36.8 Å². The Morgan fingerprint density at radius 3 is 2.63 bits per heavy atom. The molecule has 2 aliphatic heterocycles. The van der Waals surface area contributed by atoms with Gasteiger partial charge in [0.15, 0.2) is 0 Å². The zero-order valence-electron chi connectivity index (χ0n) is 16.0. The van der Waals surface area contributed by atoms with Gasteiger partial charge in [0.2, 0.25) is 5.95 Å². The summed E-state index contributed by atoms with van der Waals surface area (Å²) in [6.45, 7) is 0.0368. The predicted molar refractivity (Wildman–Crippen MR) is 104 cm³/mol. The van der Waals surface area contributed by atoms with Crippen LogP contribution in [0.3, 0.4) is 0 Å². The standard InChI is InChI=1S/C20H21F3N6O/c21-20(22,23)30-17-4-2-1-3-12(17)10-25-19-26-11-13(9-24)18(29-19)28-16-7-14-5-6-15(8-16)27-14/h1-4,11,14-16,27H,5-8,10H2,(H2,25,26,28,29)/t14-,15+,16+. The predicted octanol–water partition coefficient (Wildman–Crippen LogP) is 3.55. The molecule has 1 aromatic heterocycles. The van der Waals surface area contributed by atoms with Gasteiger partial charge in [0.05, 0.1) is 6.20 Å². The summed E-state index contributed by atoms with van der Waals surface area (Å²) in [5, 5.41) is 19.2. The Labute approximate surface area is 171 Å². The van der Waals surface area contributed by atoms with Crippen LogP contribution in [0.4, 0.5) is 24.9 Å². The Balaban J connectivity index is 1.46. The lowest BCUT2D eigenvalue weighted by Gasteiger charge is -2.30. The number of alkyl halides is 3. The number of nitrogens with zero attached hydrogens (tertiary/aromatic N) is 3. The molecule has 10 heteroatoms. The van der Waals surface area contributed by atoms with E-state index in [0.29, 0.717) is 29.0 Å². The van der Waals surface area contributed by atoms with E-state index in [1.165, 1.54) is 24.4 Å². The van der Waals surface area contributed by atoms with Crippen molar-refractivity contribution in [1.82, 2.24) is 15.3 Å². The lowest BCUT2D eigenvalue weighted by atomic mass is 10.00. The highest BCUT2D eigenvalue weighted by molar-refractivity contribution is 5.54. The minimum Gasteiger partial charge on any atom is -0.405 e. The van der Waals surface area contributed by atoms with Crippen molar-refractivity contribution in [3.8, 4) is 11.8 Å². The molecule has 2 saturated heterocycles. The van der Waals surface area contributed by atoms with E-state index in [0.717, 1.165) is 25.7 Å². The zero-order valence-corrected chi connectivity index (χ0v) is 16.0. The smallest absolute Gasteiger partial charge is 0.405 e. The van der Waals surface area contributed by atoms with Gasteiger partial charge in [-0.25, -0.2) is 4.98 Å². The van der Waals surface area contributed by atoms with Crippen LogP contribution in [-0.2, 0) is 6.54 Å². The van der Waals surface area contributed by atoms with E-state index in [1.807, 2.05) is 0 Å². The average Bonchev–Trinajstić information content (AvgIpc) is 3.04. The molecular weight excluding hydrogens is 397 g/mol. The van der Waals surface area contributed by atoms with E-state index in [1.54, 1.807) is 6.07 Å². The lowest BCUT2D eigenvalue weighted by Crippen LogP contribution is -2.43. The fourth-order valence-corrected chi connectivity index (χ4v) is 4.08. The zero-order chi connectivity index (χ0) is 21.1. The van der Waals surface area contributed by atoms with E-state index < -0.39 is 6.36 Å². The SMILES string of the molecule is N#Cc1cnc(NCc2ccccc2OC(F)(F)F)nc1N[C@H]1C[C@H]2CC[C@@H](C1)N2. The van der Waals surface area contributed by atoms with Gasteiger partial charge in [-0.05, 0) is 31.7 Å². The first-order chi connectivity index (χ1) is 14.4. The van der Waals surface area contributed by atoms with Crippen molar-refractivity contribution in [2.75, 3.05) is 10.6 Å². The van der Waals surface area contributed by atoms with Crippen LogP contribution in [0.2, 0.25) is 0 Å². The number of rotatable bonds is 6. The van der Waals surface area contributed by atoms with Gasteiger partial charge < -0.3 is 20.7 Å². The van der Waals surface area contributed by atoms with Crippen LogP contribution in [0.5, 0.6) is 5.75 Å². The van der Waals surface area contributed by atoms with Gasteiger partial charge in [0.25, 0.3) is 0 Å². The van der Waals surface area contributed by atoms with Crippen LogP contribution >= 0.6 is 0 Å². The maximum Gasteiger partial charge on any atom is 0.573 e. The number of halogens is 3. The van der Waals surface area contributed by atoms with Crippen LogP contribution in [0.25, 0.3) is 0 Å². The van der Waals surface area contributed by atoms with E-state index in [4.69, 9.17) is 0 Å². The van der Waals surface area contributed by atoms with Crippen LogP contribution < -0.4 is 20.7 Å². The minimum absolute atomic E-state index is 0.0368. The largest absolute Gasteiger partial charge is 0.573 e. The normalized spacial score (nSPS) is 22.9. The van der Waals surface area contributed by atoms with Crippen molar-refractivity contribution in [2.45, 2.75) is 56.7 Å². The maximum absolute atomic E-state index is 12.6. The molecule has 0 saturated carbocycles.